The van der Waals surface area contributed by atoms with Gasteiger partial charge in [0.15, 0.2) is 0 Å². The lowest BCUT2D eigenvalue weighted by Gasteiger charge is -2.35. The molecule has 0 spiro atoms. The first-order valence-corrected chi connectivity index (χ1v) is 14.1. The Bertz CT molecular complexity index is 1600. The van der Waals surface area contributed by atoms with Crippen molar-refractivity contribution in [2.24, 2.45) is 7.05 Å². The van der Waals surface area contributed by atoms with Crippen LogP contribution in [-0.4, -0.2) is 40.9 Å². The summed E-state index contributed by atoms with van der Waals surface area (Å²) in [5, 5.41) is 3.45. The smallest absolute Gasteiger partial charge is 0.259 e. The molecular weight excluding hydrogens is 496 g/mol. The Balaban J connectivity index is 1.43. The number of fused-ring (bicyclic) bond motifs is 2. The van der Waals surface area contributed by atoms with Crippen molar-refractivity contribution in [3.63, 3.8) is 0 Å². The van der Waals surface area contributed by atoms with Gasteiger partial charge in [-0.05, 0) is 85.8 Å². The summed E-state index contributed by atoms with van der Waals surface area (Å²) in [4.78, 5) is 31.7. The van der Waals surface area contributed by atoms with E-state index < -0.39 is 0 Å². The van der Waals surface area contributed by atoms with Crippen LogP contribution in [-0.2, 0) is 33.0 Å². The highest BCUT2D eigenvalue weighted by Crippen LogP contribution is 2.35. The highest BCUT2D eigenvalue weighted by atomic mass is 16.2. The van der Waals surface area contributed by atoms with Crippen molar-refractivity contribution >= 4 is 17.5 Å². The molecule has 0 saturated heterocycles. The Hall–Kier alpha value is -4.16. The number of carbonyl (C=O) groups is 2. The number of nitrogens with one attached hydrogen (secondary N) is 1. The number of aromatic nitrogens is 1. The van der Waals surface area contributed by atoms with Crippen LogP contribution in [0.2, 0.25) is 0 Å². The van der Waals surface area contributed by atoms with Crippen LogP contribution in [0.25, 0.3) is 11.3 Å². The van der Waals surface area contributed by atoms with E-state index in [4.69, 9.17) is 0 Å². The van der Waals surface area contributed by atoms with Crippen LogP contribution in [0.15, 0.2) is 72.8 Å². The molecule has 6 rings (SSSR count). The Labute approximate surface area is 236 Å². The zero-order chi connectivity index (χ0) is 28.0. The van der Waals surface area contributed by atoms with Crippen LogP contribution in [0.3, 0.4) is 0 Å². The maximum Gasteiger partial charge on any atom is 0.259 e. The summed E-state index contributed by atoms with van der Waals surface area (Å²) >= 11 is 0. The third kappa shape index (κ3) is 4.52. The maximum atomic E-state index is 14.4. The van der Waals surface area contributed by atoms with Crippen molar-refractivity contribution in [3.05, 3.63) is 112 Å². The topological polar surface area (TPSA) is 57.6 Å². The van der Waals surface area contributed by atoms with E-state index in [1.165, 1.54) is 22.3 Å². The molecule has 204 valence electrons. The quantitative estimate of drug-likeness (QED) is 0.377. The van der Waals surface area contributed by atoms with Crippen LogP contribution in [0.5, 0.6) is 0 Å². The second-order valence-electron chi connectivity index (χ2n) is 11.1. The number of para-hydroxylation sites is 1. The second kappa shape index (κ2) is 10.4. The van der Waals surface area contributed by atoms with Crippen LogP contribution >= 0.6 is 0 Å². The van der Waals surface area contributed by atoms with Gasteiger partial charge in [0.1, 0.15) is 0 Å². The first-order chi connectivity index (χ1) is 19.3. The van der Waals surface area contributed by atoms with Gasteiger partial charge in [-0.1, -0.05) is 42.5 Å². The van der Waals surface area contributed by atoms with Gasteiger partial charge in [-0.25, -0.2) is 0 Å². The monoisotopic (exact) mass is 532 g/mol. The van der Waals surface area contributed by atoms with E-state index in [-0.39, 0.29) is 17.9 Å². The standard InChI is InChI=1S/C34H36N4O2/c1-22-16-24-10-8-9-11-26(24)21-38(22)34(40)31-18-27-20-35-15-14-25(27)17-30(31)32-19-29(23(2)36(32)3)33(39)37(4)28-12-6-5-7-13-28/h5-13,17-19,22,35H,14-16,20-21H2,1-4H3/t22-/m1/s1. The fraction of sp³-hybridized carbons (Fsp3) is 0.294. The van der Waals surface area contributed by atoms with E-state index in [9.17, 15) is 9.59 Å². The van der Waals surface area contributed by atoms with Crippen LogP contribution in [0.4, 0.5) is 5.69 Å². The van der Waals surface area contributed by atoms with E-state index >= 15 is 0 Å². The number of benzene rings is 3. The van der Waals surface area contributed by atoms with Crippen molar-refractivity contribution in [1.82, 2.24) is 14.8 Å². The second-order valence-corrected chi connectivity index (χ2v) is 11.1. The van der Waals surface area contributed by atoms with Gasteiger partial charge in [0.05, 0.1) is 5.56 Å². The molecule has 2 amide bonds. The molecule has 1 N–H and O–H groups in total. The lowest BCUT2D eigenvalue weighted by Crippen LogP contribution is -2.43. The highest BCUT2D eigenvalue weighted by molar-refractivity contribution is 6.08. The first-order valence-electron chi connectivity index (χ1n) is 14.1. The van der Waals surface area contributed by atoms with Gasteiger partial charge in [-0.2, -0.15) is 0 Å². The number of rotatable bonds is 4. The Morgan fingerprint density at radius 1 is 0.900 bits per heavy atom. The van der Waals surface area contributed by atoms with E-state index in [0.717, 1.165) is 48.6 Å². The highest BCUT2D eigenvalue weighted by Gasteiger charge is 2.31. The number of amides is 2. The first kappa shape index (κ1) is 26.1. The van der Waals surface area contributed by atoms with Gasteiger partial charge in [0, 0.05) is 61.4 Å². The number of anilines is 1. The zero-order valence-electron chi connectivity index (χ0n) is 23.7. The fourth-order valence-corrected chi connectivity index (χ4v) is 6.15. The minimum atomic E-state index is -0.0677. The average Bonchev–Trinajstić information content (AvgIpc) is 3.28. The van der Waals surface area contributed by atoms with Gasteiger partial charge in [0.25, 0.3) is 11.8 Å². The minimum Gasteiger partial charge on any atom is -0.347 e. The molecule has 2 aliphatic rings. The number of hydrogen-bond donors (Lipinski definition) is 1. The molecule has 0 fully saturated rings. The van der Waals surface area contributed by atoms with Crippen LogP contribution < -0.4 is 10.2 Å². The normalized spacial score (nSPS) is 16.3. The molecule has 0 unspecified atom stereocenters. The third-order valence-electron chi connectivity index (χ3n) is 8.71. The van der Waals surface area contributed by atoms with Crippen LogP contribution in [0.1, 0.15) is 55.6 Å². The summed E-state index contributed by atoms with van der Waals surface area (Å²) in [5.41, 5.74) is 9.80. The van der Waals surface area contributed by atoms with Crippen LogP contribution in [0, 0.1) is 6.92 Å². The summed E-state index contributed by atoms with van der Waals surface area (Å²) < 4.78 is 2.06. The minimum absolute atomic E-state index is 0.0403. The average molecular weight is 533 g/mol. The molecule has 2 aliphatic heterocycles. The van der Waals surface area contributed by atoms with Crippen molar-refractivity contribution < 1.29 is 9.59 Å². The SMILES string of the molecule is Cc1c(C(=O)N(C)c2ccccc2)cc(-c2cc3c(cc2C(=O)N2Cc4ccccc4C[C@H]2C)CNCC3)n1C. The van der Waals surface area contributed by atoms with Crippen molar-refractivity contribution in [1.29, 1.82) is 0 Å². The summed E-state index contributed by atoms with van der Waals surface area (Å²) in [7, 11) is 3.79. The van der Waals surface area contributed by atoms with E-state index in [0.29, 0.717) is 17.7 Å². The molecule has 3 heterocycles. The Morgan fingerprint density at radius 2 is 1.62 bits per heavy atom. The molecule has 0 radical (unpaired) electrons. The lowest BCUT2D eigenvalue weighted by molar-refractivity contribution is 0.0658. The molecule has 0 saturated carbocycles. The third-order valence-corrected chi connectivity index (χ3v) is 8.71. The fourth-order valence-electron chi connectivity index (χ4n) is 6.15. The molecular formula is C34H36N4O2. The maximum absolute atomic E-state index is 14.4. The van der Waals surface area contributed by atoms with Gasteiger partial charge in [0.2, 0.25) is 0 Å². The summed E-state index contributed by atoms with van der Waals surface area (Å²) in [6.07, 6.45) is 1.76. The molecule has 0 aliphatic carbocycles. The molecule has 1 atom stereocenters. The van der Waals surface area contributed by atoms with E-state index in [1.807, 2.05) is 61.3 Å². The number of carbonyl (C=O) groups excluding carboxylic acids is 2. The molecule has 1 aromatic heterocycles. The van der Waals surface area contributed by atoms with Gasteiger partial charge < -0.3 is 19.7 Å². The predicted molar refractivity (Wildman–Crippen MR) is 160 cm³/mol. The number of nitrogens with zero attached hydrogens (tertiary/aromatic N) is 3. The van der Waals surface area contributed by atoms with Gasteiger partial charge in [-0.15, -0.1) is 0 Å². The molecule has 6 heteroatoms. The predicted octanol–water partition coefficient (Wildman–Crippen LogP) is 5.51. The molecule has 6 nitrogen and oxygen atoms in total. The summed E-state index contributed by atoms with van der Waals surface area (Å²) in [6.45, 7) is 6.38. The van der Waals surface area contributed by atoms with Crippen molar-refractivity contribution in [2.45, 2.75) is 45.8 Å². The van der Waals surface area contributed by atoms with E-state index in [1.54, 1.807) is 11.9 Å². The zero-order valence-corrected chi connectivity index (χ0v) is 23.7. The van der Waals surface area contributed by atoms with Crippen molar-refractivity contribution in [2.75, 3.05) is 18.5 Å². The molecule has 0 bridgehead atoms. The number of hydrogen-bond acceptors (Lipinski definition) is 3. The van der Waals surface area contributed by atoms with Gasteiger partial charge in [-0.3, -0.25) is 9.59 Å². The molecule has 40 heavy (non-hydrogen) atoms. The Kier molecular flexibility index (Phi) is 6.80. The lowest BCUT2D eigenvalue weighted by atomic mass is 9.90. The molecule has 4 aromatic rings. The summed E-state index contributed by atoms with van der Waals surface area (Å²) in [5.74, 6) is -0.0274. The summed E-state index contributed by atoms with van der Waals surface area (Å²) in [6, 6.07) is 24.4. The Morgan fingerprint density at radius 3 is 2.40 bits per heavy atom. The van der Waals surface area contributed by atoms with E-state index in [2.05, 4.69) is 47.1 Å². The molecule has 3 aromatic carbocycles. The van der Waals surface area contributed by atoms with Gasteiger partial charge >= 0.3 is 0 Å². The van der Waals surface area contributed by atoms with Crippen molar-refractivity contribution in [3.8, 4) is 11.3 Å². The largest absolute Gasteiger partial charge is 0.347 e.